The average molecular weight is 310 g/mol. The monoisotopic (exact) mass is 309 g/mol. The van der Waals surface area contributed by atoms with Crippen molar-refractivity contribution in [3.8, 4) is 0 Å². The smallest absolute Gasteiger partial charge is 0.316 e. The molecule has 0 fully saturated rings. The number of anilines is 1. The lowest BCUT2D eigenvalue weighted by molar-refractivity contribution is 0.694. The first kappa shape index (κ1) is 12.6. The van der Waals surface area contributed by atoms with Crippen molar-refractivity contribution in [1.82, 2.24) is 9.13 Å². The first-order chi connectivity index (χ1) is 8.50. The number of nitrogens with zero attached hydrogens (tertiary/aromatic N) is 2. The van der Waals surface area contributed by atoms with Gasteiger partial charge in [0.1, 0.15) is 0 Å². The highest BCUT2D eigenvalue weighted by atomic mass is 79.9. The highest BCUT2D eigenvalue weighted by Gasteiger charge is 2.07. The molecule has 1 heterocycles. The summed E-state index contributed by atoms with van der Waals surface area (Å²) in [6.45, 7) is 0.306. The number of benzene rings is 1. The van der Waals surface area contributed by atoms with E-state index < -0.39 is 11.1 Å². The molecule has 2 aromatic rings. The molecule has 2 N–H and O–H groups in total. The Balaban J connectivity index is 2.47. The molecular formula is C12H12BrN3O2. The van der Waals surface area contributed by atoms with Crippen molar-refractivity contribution in [2.45, 2.75) is 6.54 Å². The minimum Gasteiger partial charge on any atom is -0.398 e. The fraction of sp³-hybridized carbons (Fsp3) is 0.167. The summed E-state index contributed by atoms with van der Waals surface area (Å²) in [4.78, 5) is 23.3. The molecule has 94 valence electrons. The predicted molar refractivity (Wildman–Crippen MR) is 73.6 cm³/mol. The third-order valence-electron chi connectivity index (χ3n) is 2.68. The molecule has 0 spiro atoms. The first-order valence-electron chi connectivity index (χ1n) is 5.29. The Morgan fingerprint density at radius 1 is 1.22 bits per heavy atom. The van der Waals surface area contributed by atoms with Crippen molar-refractivity contribution in [3.05, 3.63) is 61.3 Å². The summed E-state index contributed by atoms with van der Waals surface area (Å²) in [5.41, 5.74) is 6.13. The Hall–Kier alpha value is -1.82. The lowest BCUT2D eigenvalue weighted by Crippen LogP contribution is -2.39. The van der Waals surface area contributed by atoms with E-state index in [0.717, 1.165) is 10.0 Å². The molecular weight excluding hydrogens is 298 g/mol. The highest BCUT2D eigenvalue weighted by molar-refractivity contribution is 9.10. The number of aryl methyl sites for hydroxylation is 1. The lowest BCUT2D eigenvalue weighted by atomic mass is 10.2. The van der Waals surface area contributed by atoms with Crippen LogP contribution in [-0.2, 0) is 13.6 Å². The van der Waals surface area contributed by atoms with Gasteiger partial charge < -0.3 is 14.9 Å². The summed E-state index contributed by atoms with van der Waals surface area (Å²) in [5, 5.41) is 0. The third-order valence-corrected chi connectivity index (χ3v) is 3.65. The quantitative estimate of drug-likeness (QED) is 0.663. The molecule has 0 amide bonds. The number of rotatable bonds is 2. The van der Waals surface area contributed by atoms with Gasteiger partial charge >= 0.3 is 11.1 Å². The largest absolute Gasteiger partial charge is 0.398 e. The second-order valence-corrected chi connectivity index (χ2v) is 4.76. The van der Waals surface area contributed by atoms with E-state index in [1.54, 1.807) is 25.5 Å². The Morgan fingerprint density at radius 2 is 1.94 bits per heavy atom. The van der Waals surface area contributed by atoms with Gasteiger partial charge in [-0.15, -0.1) is 0 Å². The number of nitrogens with two attached hydrogens (primary N) is 1. The van der Waals surface area contributed by atoms with Gasteiger partial charge in [-0.1, -0.05) is 12.1 Å². The number of hydrogen-bond donors (Lipinski definition) is 1. The number of aromatic nitrogens is 2. The number of halogens is 1. The molecule has 0 unspecified atom stereocenters. The summed E-state index contributed by atoms with van der Waals surface area (Å²) < 4.78 is 3.37. The molecule has 0 saturated heterocycles. The molecule has 0 aliphatic carbocycles. The van der Waals surface area contributed by atoms with E-state index in [1.165, 1.54) is 9.13 Å². The molecule has 0 aliphatic rings. The van der Waals surface area contributed by atoms with Crippen LogP contribution >= 0.6 is 15.9 Å². The number of nitrogen functional groups attached to an aromatic ring is 1. The maximum Gasteiger partial charge on any atom is 0.316 e. The zero-order valence-electron chi connectivity index (χ0n) is 9.76. The van der Waals surface area contributed by atoms with Crippen LogP contribution in [0.25, 0.3) is 0 Å². The molecule has 0 atom stereocenters. The van der Waals surface area contributed by atoms with Crippen molar-refractivity contribution < 1.29 is 0 Å². The molecule has 6 heteroatoms. The molecule has 0 radical (unpaired) electrons. The Labute approximate surface area is 112 Å². The molecule has 18 heavy (non-hydrogen) atoms. The van der Waals surface area contributed by atoms with Crippen LogP contribution in [0.1, 0.15) is 5.56 Å². The van der Waals surface area contributed by atoms with Crippen LogP contribution < -0.4 is 16.9 Å². The van der Waals surface area contributed by atoms with Gasteiger partial charge in [0.25, 0.3) is 0 Å². The van der Waals surface area contributed by atoms with Crippen LogP contribution in [0.15, 0.2) is 44.7 Å². The van der Waals surface area contributed by atoms with E-state index in [1.807, 2.05) is 12.1 Å². The van der Waals surface area contributed by atoms with E-state index >= 15 is 0 Å². The second kappa shape index (κ2) is 4.81. The van der Waals surface area contributed by atoms with Gasteiger partial charge in [0.15, 0.2) is 0 Å². The van der Waals surface area contributed by atoms with Crippen molar-refractivity contribution in [1.29, 1.82) is 0 Å². The topological polar surface area (TPSA) is 70.0 Å². The summed E-state index contributed by atoms with van der Waals surface area (Å²) >= 11 is 3.37. The maximum absolute atomic E-state index is 11.8. The lowest BCUT2D eigenvalue weighted by Gasteiger charge is -2.09. The normalized spacial score (nSPS) is 10.6. The van der Waals surface area contributed by atoms with E-state index in [-0.39, 0.29) is 0 Å². The van der Waals surface area contributed by atoms with Crippen molar-refractivity contribution in [3.63, 3.8) is 0 Å². The second-order valence-electron chi connectivity index (χ2n) is 3.97. The predicted octanol–water partition coefficient (Wildman–Crippen LogP) is 0.940. The van der Waals surface area contributed by atoms with Gasteiger partial charge in [0.2, 0.25) is 0 Å². The molecule has 5 nitrogen and oxygen atoms in total. The molecule has 2 rings (SSSR count). The minimum absolute atomic E-state index is 0.306. The van der Waals surface area contributed by atoms with E-state index in [9.17, 15) is 9.59 Å². The van der Waals surface area contributed by atoms with Gasteiger partial charge in [-0.25, -0.2) is 0 Å². The summed E-state index contributed by atoms with van der Waals surface area (Å²) in [7, 11) is 1.55. The van der Waals surface area contributed by atoms with Gasteiger partial charge in [0, 0.05) is 29.6 Å². The first-order valence-corrected chi connectivity index (χ1v) is 6.09. The highest BCUT2D eigenvalue weighted by Crippen LogP contribution is 2.23. The Kier molecular flexibility index (Phi) is 3.38. The standard InChI is InChI=1S/C12H12BrN3O2/c1-15-5-6-16(12(18)11(15)17)7-8-3-2-4-9(14)10(8)13/h2-6H,7,14H2,1H3. The third kappa shape index (κ3) is 2.24. The van der Waals surface area contributed by atoms with Gasteiger partial charge in [-0.2, -0.15) is 0 Å². The van der Waals surface area contributed by atoms with Gasteiger partial charge in [-0.05, 0) is 27.6 Å². The Bertz CT molecular complexity index is 703. The SMILES string of the molecule is Cn1ccn(Cc2cccc(N)c2Br)c(=O)c1=O. The van der Waals surface area contributed by atoms with Crippen molar-refractivity contribution in [2.24, 2.45) is 7.05 Å². The van der Waals surface area contributed by atoms with E-state index in [2.05, 4.69) is 15.9 Å². The zero-order valence-corrected chi connectivity index (χ0v) is 11.3. The molecule has 1 aromatic heterocycles. The van der Waals surface area contributed by atoms with Crippen LogP contribution in [0.3, 0.4) is 0 Å². The molecule has 1 aromatic carbocycles. The van der Waals surface area contributed by atoms with Gasteiger partial charge in [0.05, 0.1) is 6.54 Å². The van der Waals surface area contributed by atoms with E-state index in [0.29, 0.717) is 12.2 Å². The van der Waals surface area contributed by atoms with Gasteiger partial charge in [-0.3, -0.25) is 9.59 Å². The van der Waals surface area contributed by atoms with Crippen LogP contribution in [0.5, 0.6) is 0 Å². The van der Waals surface area contributed by atoms with Crippen molar-refractivity contribution >= 4 is 21.6 Å². The van der Waals surface area contributed by atoms with Crippen LogP contribution in [0, 0.1) is 0 Å². The molecule has 0 aliphatic heterocycles. The van der Waals surface area contributed by atoms with E-state index in [4.69, 9.17) is 5.73 Å². The average Bonchev–Trinajstić information content (AvgIpc) is 2.35. The van der Waals surface area contributed by atoms with Crippen LogP contribution in [0.4, 0.5) is 5.69 Å². The summed E-state index contributed by atoms with van der Waals surface area (Å²) in [6, 6.07) is 5.42. The molecule has 0 bridgehead atoms. The van der Waals surface area contributed by atoms with Crippen molar-refractivity contribution in [2.75, 3.05) is 5.73 Å². The molecule has 0 saturated carbocycles. The van der Waals surface area contributed by atoms with Crippen LogP contribution in [-0.4, -0.2) is 9.13 Å². The summed E-state index contributed by atoms with van der Waals surface area (Å²) in [5.74, 6) is 0. The maximum atomic E-state index is 11.8. The zero-order chi connectivity index (χ0) is 13.3. The summed E-state index contributed by atoms with van der Waals surface area (Å²) in [6.07, 6.45) is 3.14. The fourth-order valence-corrected chi connectivity index (χ4v) is 2.01. The number of hydrogen-bond acceptors (Lipinski definition) is 3. The Morgan fingerprint density at radius 3 is 2.67 bits per heavy atom. The minimum atomic E-state index is -0.547. The van der Waals surface area contributed by atoms with Crippen LogP contribution in [0.2, 0.25) is 0 Å². The fourth-order valence-electron chi connectivity index (χ4n) is 1.62.